The minimum atomic E-state index is -0.378. The number of hydrogen-bond acceptors (Lipinski definition) is 6. The highest BCUT2D eigenvalue weighted by atomic mass is 32.1. The van der Waals surface area contributed by atoms with Crippen molar-refractivity contribution in [1.29, 1.82) is 0 Å². The van der Waals surface area contributed by atoms with Gasteiger partial charge in [-0.2, -0.15) is 0 Å². The van der Waals surface area contributed by atoms with E-state index in [1.807, 2.05) is 17.4 Å². The number of nitrogens with zero attached hydrogens (tertiary/aromatic N) is 1. The molecule has 5 rings (SSSR count). The van der Waals surface area contributed by atoms with E-state index in [1.54, 1.807) is 30.4 Å². The number of phenols is 1. The van der Waals surface area contributed by atoms with Crippen LogP contribution in [0.25, 0.3) is 11.0 Å². The Bertz CT molecular complexity index is 1210. The van der Waals surface area contributed by atoms with Gasteiger partial charge in [-0.3, -0.25) is 4.90 Å². The highest BCUT2D eigenvalue weighted by molar-refractivity contribution is 7.10. The number of benzene rings is 1. The zero-order chi connectivity index (χ0) is 19.3. The summed E-state index contributed by atoms with van der Waals surface area (Å²) in [6.45, 7) is 3.37. The molecule has 28 heavy (non-hydrogen) atoms. The third-order valence-corrected chi connectivity index (χ3v) is 7.39. The molecule has 1 aromatic carbocycles. The Morgan fingerprint density at radius 1 is 1.21 bits per heavy atom. The minimum Gasteiger partial charge on any atom is -0.508 e. The van der Waals surface area contributed by atoms with Crippen molar-refractivity contribution < 1.29 is 9.52 Å². The van der Waals surface area contributed by atoms with Crippen LogP contribution in [0, 0.1) is 6.92 Å². The fourth-order valence-corrected chi connectivity index (χ4v) is 5.86. The first kappa shape index (κ1) is 17.7. The summed E-state index contributed by atoms with van der Waals surface area (Å²) < 4.78 is 5.42. The number of phenolic OH excluding ortho intramolecular Hbond substituents is 1. The van der Waals surface area contributed by atoms with Crippen LogP contribution in [-0.4, -0.2) is 16.6 Å². The van der Waals surface area contributed by atoms with E-state index in [0.29, 0.717) is 17.7 Å². The van der Waals surface area contributed by atoms with Crippen molar-refractivity contribution >= 4 is 33.6 Å². The molecule has 1 N–H and O–H groups in total. The lowest BCUT2D eigenvalue weighted by Gasteiger charge is -2.35. The second-order valence-electron chi connectivity index (χ2n) is 7.11. The molecule has 1 atom stereocenters. The van der Waals surface area contributed by atoms with Gasteiger partial charge in [-0.05, 0) is 59.5 Å². The largest absolute Gasteiger partial charge is 0.508 e. The van der Waals surface area contributed by atoms with Crippen LogP contribution >= 0.6 is 22.7 Å². The lowest BCUT2D eigenvalue weighted by atomic mass is 9.97. The Balaban J connectivity index is 1.61. The molecule has 6 heteroatoms. The van der Waals surface area contributed by atoms with Crippen molar-refractivity contribution in [2.75, 3.05) is 6.54 Å². The first-order chi connectivity index (χ1) is 13.6. The highest BCUT2D eigenvalue weighted by Gasteiger charge is 2.30. The summed E-state index contributed by atoms with van der Waals surface area (Å²) >= 11 is 3.60. The molecule has 0 radical (unpaired) electrons. The summed E-state index contributed by atoms with van der Waals surface area (Å²) in [5, 5.41) is 15.2. The van der Waals surface area contributed by atoms with Crippen LogP contribution in [0.2, 0.25) is 0 Å². The van der Waals surface area contributed by atoms with E-state index in [4.69, 9.17) is 4.42 Å². The molecular weight excluding hydrogens is 390 g/mol. The average Bonchev–Trinajstić information content (AvgIpc) is 3.36. The van der Waals surface area contributed by atoms with E-state index in [9.17, 15) is 9.90 Å². The zero-order valence-electron chi connectivity index (χ0n) is 15.3. The van der Waals surface area contributed by atoms with E-state index >= 15 is 0 Å². The van der Waals surface area contributed by atoms with Gasteiger partial charge in [-0.15, -0.1) is 22.7 Å². The second kappa shape index (κ2) is 6.88. The van der Waals surface area contributed by atoms with Gasteiger partial charge >= 0.3 is 5.63 Å². The molecule has 0 aliphatic carbocycles. The zero-order valence-corrected chi connectivity index (χ0v) is 17.0. The van der Waals surface area contributed by atoms with Crippen molar-refractivity contribution in [1.82, 2.24) is 4.90 Å². The standard InChI is InChI=1S/C22H19NO3S2/c1-13-17(24)5-4-15-14(11-20(25)26-22(13)15)12-23-8-6-18-16(7-10-28-18)21(23)19-3-2-9-27-19/h2-5,7,9-11,21,24H,6,8,12H2,1H3. The predicted octanol–water partition coefficient (Wildman–Crippen LogP) is 5.08. The third kappa shape index (κ3) is 2.89. The minimum absolute atomic E-state index is 0.144. The van der Waals surface area contributed by atoms with Crippen LogP contribution in [0.4, 0.5) is 0 Å². The molecule has 0 spiro atoms. The normalized spacial score (nSPS) is 17.1. The van der Waals surface area contributed by atoms with Gasteiger partial charge in [0, 0.05) is 39.9 Å². The van der Waals surface area contributed by atoms with Crippen molar-refractivity contribution in [3.63, 3.8) is 0 Å². The Labute approximate surface area is 170 Å². The smallest absolute Gasteiger partial charge is 0.336 e. The monoisotopic (exact) mass is 409 g/mol. The second-order valence-corrected chi connectivity index (χ2v) is 9.09. The summed E-state index contributed by atoms with van der Waals surface area (Å²) in [4.78, 5) is 17.4. The number of thiophene rings is 2. The Morgan fingerprint density at radius 3 is 2.93 bits per heavy atom. The summed E-state index contributed by atoms with van der Waals surface area (Å²) in [6, 6.07) is 11.8. The molecule has 3 aromatic heterocycles. The highest BCUT2D eigenvalue weighted by Crippen LogP contribution is 2.40. The van der Waals surface area contributed by atoms with Crippen molar-refractivity contribution in [2.24, 2.45) is 0 Å². The van der Waals surface area contributed by atoms with Crippen molar-refractivity contribution in [3.8, 4) is 5.75 Å². The molecule has 142 valence electrons. The lowest BCUT2D eigenvalue weighted by molar-refractivity contribution is 0.209. The molecule has 4 heterocycles. The van der Waals surface area contributed by atoms with Crippen LogP contribution in [0.5, 0.6) is 5.75 Å². The molecule has 0 fully saturated rings. The lowest BCUT2D eigenvalue weighted by Crippen LogP contribution is -2.34. The SMILES string of the molecule is Cc1c(O)ccc2c(CN3CCc4sccc4C3c3cccs3)cc(=O)oc12. The Morgan fingerprint density at radius 2 is 2.11 bits per heavy atom. The molecule has 0 amide bonds. The molecule has 4 aromatic rings. The van der Waals surface area contributed by atoms with Crippen LogP contribution in [0.1, 0.15) is 32.5 Å². The summed E-state index contributed by atoms with van der Waals surface area (Å²) in [7, 11) is 0. The van der Waals surface area contributed by atoms with E-state index in [-0.39, 0.29) is 17.4 Å². The number of hydrogen-bond donors (Lipinski definition) is 1. The summed E-state index contributed by atoms with van der Waals surface area (Å²) in [5.74, 6) is 0.144. The van der Waals surface area contributed by atoms with Gasteiger partial charge in [0.05, 0.1) is 6.04 Å². The maximum Gasteiger partial charge on any atom is 0.336 e. The van der Waals surface area contributed by atoms with Crippen LogP contribution < -0.4 is 5.63 Å². The van der Waals surface area contributed by atoms with Gasteiger partial charge in [-0.25, -0.2) is 4.79 Å². The predicted molar refractivity (Wildman–Crippen MR) is 113 cm³/mol. The van der Waals surface area contributed by atoms with Crippen LogP contribution in [-0.2, 0) is 13.0 Å². The van der Waals surface area contributed by atoms with Gasteiger partial charge in [-0.1, -0.05) is 6.07 Å². The number of fused-ring (bicyclic) bond motifs is 2. The molecule has 0 saturated heterocycles. The Kier molecular flexibility index (Phi) is 4.34. The van der Waals surface area contributed by atoms with E-state index in [1.165, 1.54) is 15.3 Å². The average molecular weight is 410 g/mol. The summed E-state index contributed by atoms with van der Waals surface area (Å²) in [6.07, 6.45) is 1.02. The molecule has 1 unspecified atom stereocenters. The fourth-order valence-electron chi connectivity index (χ4n) is 4.08. The number of aryl methyl sites for hydroxylation is 1. The first-order valence-electron chi connectivity index (χ1n) is 9.21. The van der Waals surface area contributed by atoms with Gasteiger partial charge in [0.1, 0.15) is 11.3 Å². The first-order valence-corrected chi connectivity index (χ1v) is 11.0. The van der Waals surface area contributed by atoms with Gasteiger partial charge in [0.2, 0.25) is 0 Å². The van der Waals surface area contributed by atoms with Crippen molar-refractivity contribution in [2.45, 2.75) is 25.9 Å². The maximum atomic E-state index is 12.2. The van der Waals surface area contributed by atoms with Gasteiger partial charge < -0.3 is 9.52 Å². The topological polar surface area (TPSA) is 53.7 Å². The fraction of sp³-hybridized carbons (Fsp3) is 0.227. The van der Waals surface area contributed by atoms with E-state index < -0.39 is 0 Å². The molecular formula is C22H19NO3S2. The van der Waals surface area contributed by atoms with E-state index in [2.05, 4.69) is 33.9 Å². The molecule has 0 saturated carbocycles. The molecule has 1 aliphatic heterocycles. The molecule has 4 nitrogen and oxygen atoms in total. The number of aromatic hydroxyl groups is 1. The maximum absolute atomic E-state index is 12.2. The quantitative estimate of drug-likeness (QED) is 0.480. The van der Waals surface area contributed by atoms with Gasteiger partial charge in [0.25, 0.3) is 0 Å². The third-order valence-electron chi connectivity index (χ3n) is 5.47. The molecule has 0 bridgehead atoms. The van der Waals surface area contributed by atoms with Crippen LogP contribution in [0.3, 0.4) is 0 Å². The van der Waals surface area contributed by atoms with Gasteiger partial charge in [0.15, 0.2) is 0 Å². The number of rotatable bonds is 3. The van der Waals surface area contributed by atoms with Crippen LogP contribution in [0.15, 0.2) is 56.4 Å². The molecule has 1 aliphatic rings. The Hall–Kier alpha value is -2.41. The summed E-state index contributed by atoms with van der Waals surface area (Å²) in [5.41, 5.74) is 3.01. The van der Waals surface area contributed by atoms with Crippen molar-refractivity contribution in [3.05, 3.63) is 84.0 Å². The van der Waals surface area contributed by atoms with E-state index in [0.717, 1.165) is 23.9 Å².